The molecule has 2 rings (SSSR count). The van der Waals surface area contributed by atoms with Crippen molar-refractivity contribution in [2.45, 2.75) is 6.42 Å². The lowest BCUT2D eigenvalue weighted by atomic mass is 10.1. The summed E-state index contributed by atoms with van der Waals surface area (Å²) in [7, 11) is 0. The van der Waals surface area contributed by atoms with Gasteiger partial charge < -0.3 is 16.2 Å². The van der Waals surface area contributed by atoms with Crippen molar-refractivity contribution in [1.29, 1.82) is 0 Å². The highest BCUT2D eigenvalue weighted by molar-refractivity contribution is 5.56. The van der Waals surface area contributed by atoms with Gasteiger partial charge >= 0.3 is 0 Å². The first kappa shape index (κ1) is 12.9. The molecule has 1 heterocycles. The molecule has 19 heavy (non-hydrogen) atoms. The number of nitrogens with two attached hydrogens (primary N) is 2. The highest BCUT2D eigenvalue weighted by Gasteiger charge is 2.13. The summed E-state index contributed by atoms with van der Waals surface area (Å²) < 4.78 is 18.8. The van der Waals surface area contributed by atoms with Gasteiger partial charge in [0.15, 0.2) is 5.82 Å². The largest absolute Gasteiger partial charge is 0.489 e. The molecule has 0 saturated heterocycles. The molecule has 0 atom stereocenters. The summed E-state index contributed by atoms with van der Waals surface area (Å²) >= 11 is 0. The molecular weight excluding hydrogens is 247 g/mol. The van der Waals surface area contributed by atoms with Crippen LogP contribution in [0.15, 0.2) is 30.9 Å². The van der Waals surface area contributed by atoms with Crippen molar-refractivity contribution in [3.05, 3.63) is 47.8 Å². The standard InChI is InChI=1S/C13H15FN4O/c1-2-5-19-11-4-3-9(14)6-8(11)7-10-12(15)17-18-13(10)16/h2-4,6H,1,5,7H2,(H5,15,16,17,18). The number of hydrogen-bond acceptors (Lipinski definition) is 4. The first-order chi connectivity index (χ1) is 9.11. The Bertz CT molecular complexity index is 575. The highest BCUT2D eigenvalue weighted by Crippen LogP contribution is 2.26. The maximum Gasteiger partial charge on any atom is 0.150 e. The van der Waals surface area contributed by atoms with Gasteiger partial charge in [0.05, 0.1) is 0 Å². The van der Waals surface area contributed by atoms with Crippen LogP contribution >= 0.6 is 0 Å². The molecule has 5 N–H and O–H groups in total. The third-order valence-electron chi connectivity index (χ3n) is 2.68. The van der Waals surface area contributed by atoms with Crippen LogP contribution in [0.4, 0.5) is 16.0 Å². The molecule has 6 heteroatoms. The average Bonchev–Trinajstić information content (AvgIpc) is 2.70. The number of H-pyrrole nitrogens is 1. The number of benzene rings is 1. The summed E-state index contributed by atoms with van der Waals surface area (Å²) in [6.07, 6.45) is 1.96. The van der Waals surface area contributed by atoms with E-state index in [9.17, 15) is 4.39 Å². The average molecular weight is 262 g/mol. The molecule has 0 spiro atoms. The van der Waals surface area contributed by atoms with E-state index in [4.69, 9.17) is 16.2 Å². The predicted octanol–water partition coefficient (Wildman–Crippen LogP) is 1.87. The van der Waals surface area contributed by atoms with Crippen LogP contribution in [0.1, 0.15) is 11.1 Å². The normalized spacial score (nSPS) is 10.4. The van der Waals surface area contributed by atoms with Crippen LogP contribution in [0.5, 0.6) is 5.75 Å². The van der Waals surface area contributed by atoms with Crippen LogP contribution in [0.2, 0.25) is 0 Å². The minimum Gasteiger partial charge on any atom is -0.489 e. The predicted molar refractivity (Wildman–Crippen MR) is 72.3 cm³/mol. The van der Waals surface area contributed by atoms with E-state index in [2.05, 4.69) is 16.8 Å². The van der Waals surface area contributed by atoms with Crippen LogP contribution in [0, 0.1) is 5.82 Å². The first-order valence-electron chi connectivity index (χ1n) is 5.72. The number of halogens is 1. The van der Waals surface area contributed by atoms with E-state index in [1.807, 2.05) is 0 Å². The number of anilines is 2. The quantitative estimate of drug-likeness (QED) is 0.717. The molecule has 1 aromatic heterocycles. The van der Waals surface area contributed by atoms with Crippen molar-refractivity contribution in [3.63, 3.8) is 0 Å². The number of nitrogen functional groups attached to an aromatic ring is 2. The Morgan fingerprint density at radius 3 is 2.84 bits per heavy atom. The van der Waals surface area contributed by atoms with Gasteiger partial charge in [0.1, 0.15) is 24.0 Å². The van der Waals surface area contributed by atoms with E-state index in [0.717, 1.165) is 0 Å². The van der Waals surface area contributed by atoms with Crippen LogP contribution in [-0.2, 0) is 6.42 Å². The minimum absolute atomic E-state index is 0.302. The van der Waals surface area contributed by atoms with Crippen molar-refractivity contribution in [1.82, 2.24) is 10.2 Å². The van der Waals surface area contributed by atoms with Crippen molar-refractivity contribution in [2.75, 3.05) is 18.1 Å². The number of nitrogens with zero attached hydrogens (tertiary/aromatic N) is 1. The molecule has 0 radical (unpaired) electrons. The molecule has 2 aromatic rings. The van der Waals surface area contributed by atoms with Gasteiger partial charge in [-0.2, -0.15) is 5.10 Å². The SMILES string of the molecule is C=CCOc1ccc(F)cc1Cc1c(N)n[nH]c1N. The van der Waals surface area contributed by atoms with E-state index >= 15 is 0 Å². The summed E-state index contributed by atoms with van der Waals surface area (Å²) in [6.45, 7) is 3.92. The second kappa shape index (κ2) is 5.43. The van der Waals surface area contributed by atoms with Crippen molar-refractivity contribution >= 4 is 11.6 Å². The van der Waals surface area contributed by atoms with Gasteiger partial charge in [-0.1, -0.05) is 12.7 Å². The van der Waals surface area contributed by atoms with Gasteiger partial charge in [-0.15, -0.1) is 0 Å². The van der Waals surface area contributed by atoms with E-state index in [1.54, 1.807) is 12.1 Å². The van der Waals surface area contributed by atoms with Crippen LogP contribution in [0.25, 0.3) is 0 Å². The lowest BCUT2D eigenvalue weighted by Crippen LogP contribution is -2.02. The van der Waals surface area contributed by atoms with Crippen LogP contribution < -0.4 is 16.2 Å². The van der Waals surface area contributed by atoms with Crippen molar-refractivity contribution in [3.8, 4) is 5.75 Å². The van der Waals surface area contributed by atoms with Gasteiger partial charge in [-0.05, 0) is 18.2 Å². The lowest BCUT2D eigenvalue weighted by molar-refractivity contribution is 0.359. The number of nitrogens with one attached hydrogen (secondary N) is 1. The molecule has 5 nitrogen and oxygen atoms in total. The monoisotopic (exact) mass is 262 g/mol. The molecule has 0 aliphatic rings. The smallest absolute Gasteiger partial charge is 0.150 e. The third kappa shape index (κ3) is 2.85. The second-order valence-electron chi connectivity index (χ2n) is 4.03. The Balaban J connectivity index is 2.32. The summed E-state index contributed by atoms with van der Waals surface area (Å²) in [5.74, 6) is 0.899. The summed E-state index contributed by atoms with van der Waals surface area (Å²) in [4.78, 5) is 0. The number of aromatic amines is 1. The molecule has 100 valence electrons. The van der Waals surface area contributed by atoms with Crippen LogP contribution in [0.3, 0.4) is 0 Å². The molecule has 0 amide bonds. The van der Waals surface area contributed by atoms with E-state index in [1.165, 1.54) is 12.1 Å². The molecule has 0 bridgehead atoms. The number of hydrogen-bond donors (Lipinski definition) is 3. The van der Waals surface area contributed by atoms with E-state index in [0.29, 0.717) is 41.5 Å². The Labute approximate surface area is 110 Å². The number of ether oxygens (including phenoxy) is 1. The fourth-order valence-corrected chi connectivity index (χ4v) is 1.75. The van der Waals surface area contributed by atoms with Gasteiger partial charge in [0.25, 0.3) is 0 Å². The Hall–Kier alpha value is -2.50. The summed E-state index contributed by atoms with van der Waals surface area (Å²) in [5, 5.41) is 6.39. The van der Waals surface area contributed by atoms with Gasteiger partial charge in [-0.25, -0.2) is 4.39 Å². The molecule has 0 fully saturated rings. The topological polar surface area (TPSA) is 90.0 Å². The zero-order valence-electron chi connectivity index (χ0n) is 10.3. The minimum atomic E-state index is -0.346. The zero-order valence-corrected chi connectivity index (χ0v) is 10.3. The Kier molecular flexibility index (Phi) is 3.70. The molecular formula is C13H15FN4O. The Morgan fingerprint density at radius 1 is 1.42 bits per heavy atom. The zero-order chi connectivity index (χ0) is 13.8. The van der Waals surface area contributed by atoms with Gasteiger partial charge in [0, 0.05) is 17.5 Å². The number of rotatable bonds is 5. The summed E-state index contributed by atoms with van der Waals surface area (Å²) in [6, 6.07) is 4.30. The third-order valence-corrected chi connectivity index (χ3v) is 2.68. The highest BCUT2D eigenvalue weighted by atomic mass is 19.1. The van der Waals surface area contributed by atoms with Gasteiger partial charge in [0.2, 0.25) is 0 Å². The van der Waals surface area contributed by atoms with Gasteiger partial charge in [-0.3, -0.25) is 5.10 Å². The molecule has 0 aliphatic carbocycles. The Morgan fingerprint density at radius 2 is 2.21 bits per heavy atom. The first-order valence-corrected chi connectivity index (χ1v) is 5.72. The molecule has 0 unspecified atom stereocenters. The molecule has 0 aliphatic heterocycles. The maximum absolute atomic E-state index is 13.3. The fraction of sp³-hybridized carbons (Fsp3) is 0.154. The maximum atomic E-state index is 13.3. The van der Waals surface area contributed by atoms with E-state index < -0.39 is 0 Å². The molecule has 0 saturated carbocycles. The van der Waals surface area contributed by atoms with E-state index in [-0.39, 0.29) is 5.82 Å². The fourth-order valence-electron chi connectivity index (χ4n) is 1.75. The van der Waals surface area contributed by atoms with Crippen LogP contribution in [-0.4, -0.2) is 16.8 Å². The number of aromatic nitrogens is 2. The van der Waals surface area contributed by atoms with Crippen molar-refractivity contribution in [2.24, 2.45) is 0 Å². The molecule has 1 aromatic carbocycles. The second-order valence-corrected chi connectivity index (χ2v) is 4.03. The summed E-state index contributed by atoms with van der Waals surface area (Å²) in [5.41, 5.74) is 12.7. The van der Waals surface area contributed by atoms with Crippen molar-refractivity contribution < 1.29 is 9.13 Å². The lowest BCUT2D eigenvalue weighted by Gasteiger charge is -2.10.